The summed E-state index contributed by atoms with van der Waals surface area (Å²) in [4.78, 5) is 15.7. The average Bonchev–Trinajstić information content (AvgIpc) is 2.27. The van der Waals surface area contributed by atoms with Crippen molar-refractivity contribution in [3.8, 4) is 5.88 Å². The first kappa shape index (κ1) is 13.9. The molecule has 0 spiro atoms. The Kier molecular flexibility index (Phi) is 4.11. The molecule has 0 bridgehead atoms. The number of methoxy groups -OCH3 is 2. The SMILES string of the molecule is COc1nc(Cl)cc(C(C)=O)c1C(C)(C)OC. The lowest BCUT2D eigenvalue weighted by molar-refractivity contribution is 0.0160. The lowest BCUT2D eigenvalue weighted by Gasteiger charge is -2.27. The first-order valence-electron chi connectivity index (χ1n) is 5.14. The zero-order valence-corrected chi connectivity index (χ0v) is 11.4. The van der Waals surface area contributed by atoms with E-state index in [1.165, 1.54) is 20.1 Å². The van der Waals surface area contributed by atoms with Crippen molar-refractivity contribution in [3.63, 3.8) is 0 Å². The van der Waals surface area contributed by atoms with Crippen LogP contribution in [0.3, 0.4) is 0 Å². The molecule has 0 aliphatic heterocycles. The van der Waals surface area contributed by atoms with Gasteiger partial charge in [0.1, 0.15) is 5.15 Å². The minimum atomic E-state index is -0.677. The molecule has 0 saturated heterocycles. The second kappa shape index (κ2) is 5.02. The Morgan fingerprint density at radius 3 is 2.41 bits per heavy atom. The van der Waals surface area contributed by atoms with Crippen molar-refractivity contribution >= 4 is 17.4 Å². The van der Waals surface area contributed by atoms with E-state index in [0.717, 1.165) is 0 Å². The van der Waals surface area contributed by atoms with Crippen molar-refractivity contribution in [1.82, 2.24) is 4.98 Å². The van der Waals surface area contributed by atoms with Crippen molar-refractivity contribution in [2.75, 3.05) is 14.2 Å². The highest BCUT2D eigenvalue weighted by atomic mass is 35.5. The zero-order valence-electron chi connectivity index (χ0n) is 10.6. The summed E-state index contributed by atoms with van der Waals surface area (Å²) in [5.74, 6) is 0.210. The van der Waals surface area contributed by atoms with E-state index in [2.05, 4.69) is 4.98 Å². The Hall–Kier alpha value is -1.13. The van der Waals surface area contributed by atoms with Crippen LogP contribution in [0.1, 0.15) is 36.7 Å². The van der Waals surface area contributed by atoms with E-state index in [-0.39, 0.29) is 10.9 Å². The molecular formula is C12H16ClNO3. The summed E-state index contributed by atoms with van der Waals surface area (Å²) in [6, 6.07) is 1.53. The molecule has 0 fully saturated rings. The highest BCUT2D eigenvalue weighted by Gasteiger charge is 2.30. The van der Waals surface area contributed by atoms with E-state index in [1.807, 2.05) is 13.8 Å². The number of halogens is 1. The molecular weight excluding hydrogens is 242 g/mol. The van der Waals surface area contributed by atoms with Crippen LogP contribution in [0.5, 0.6) is 5.88 Å². The summed E-state index contributed by atoms with van der Waals surface area (Å²) in [5, 5.41) is 0.225. The third-order valence-corrected chi connectivity index (χ3v) is 2.83. The molecule has 1 aromatic heterocycles. The van der Waals surface area contributed by atoms with Crippen LogP contribution in [-0.4, -0.2) is 25.0 Å². The first-order chi connectivity index (χ1) is 7.83. The number of rotatable bonds is 4. The normalized spacial score (nSPS) is 11.4. The molecule has 0 saturated carbocycles. The summed E-state index contributed by atoms with van der Waals surface area (Å²) >= 11 is 5.85. The van der Waals surface area contributed by atoms with E-state index in [9.17, 15) is 4.79 Å². The van der Waals surface area contributed by atoms with Gasteiger partial charge in [0.2, 0.25) is 5.88 Å². The van der Waals surface area contributed by atoms with Crippen molar-refractivity contribution in [2.24, 2.45) is 0 Å². The number of hydrogen-bond acceptors (Lipinski definition) is 4. The van der Waals surface area contributed by atoms with Gasteiger partial charge in [0.05, 0.1) is 18.3 Å². The Labute approximate surface area is 106 Å². The van der Waals surface area contributed by atoms with E-state index < -0.39 is 5.60 Å². The van der Waals surface area contributed by atoms with Crippen molar-refractivity contribution < 1.29 is 14.3 Å². The number of pyridine rings is 1. The monoisotopic (exact) mass is 257 g/mol. The molecule has 4 nitrogen and oxygen atoms in total. The third kappa shape index (κ3) is 2.76. The molecule has 0 aliphatic rings. The number of carbonyl (C=O) groups is 1. The van der Waals surface area contributed by atoms with Gasteiger partial charge < -0.3 is 9.47 Å². The van der Waals surface area contributed by atoms with E-state index in [0.29, 0.717) is 17.0 Å². The molecule has 5 heteroatoms. The van der Waals surface area contributed by atoms with Gasteiger partial charge in [-0.05, 0) is 26.8 Å². The number of carbonyl (C=O) groups excluding carboxylic acids is 1. The van der Waals surface area contributed by atoms with Crippen molar-refractivity contribution in [1.29, 1.82) is 0 Å². The van der Waals surface area contributed by atoms with Gasteiger partial charge in [0, 0.05) is 12.7 Å². The maximum absolute atomic E-state index is 11.7. The zero-order chi connectivity index (χ0) is 13.2. The fraction of sp³-hybridized carbons (Fsp3) is 0.500. The quantitative estimate of drug-likeness (QED) is 0.615. The number of nitrogens with zero attached hydrogens (tertiary/aromatic N) is 1. The van der Waals surface area contributed by atoms with Crippen molar-refractivity contribution in [3.05, 3.63) is 22.3 Å². The minimum absolute atomic E-state index is 0.104. The van der Waals surface area contributed by atoms with Crippen LogP contribution in [-0.2, 0) is 10.3 Å². The van der Waals surface area contributed by atoms with Gasteiger partial charge in [0.25, 0.3) is 0 Å². The van der Waals surface area contributed by atoms with Crippen LogP contribution in [0, 0.1) is 0 Å². The van der Waals surface area contributed by atoms with Crippen LogP contribution in [0.25, 0.3) is 0 Å². The van der Waals surface area contributed by atoms with E-state index >= 15 is 0 Å². The molecule has 1 aromatic rings. The van der Waals surface area contributed by atoms with E-state index in [4.69, 9.17) is 21.1 Å². The Bertz CT molecular complexity index is 444. The summed E-state index contributed by atoms with van der Waals surface area (Å²) in [6.07, 6.45) is 0. The van der Waals surface area contributed by atoms with Gasteiger partial charge in [-0.3, -0.25) is 4.79 Å². The van der Waals surface area contributed by atoms with Crippen LogP contribution in [0.4, 0.5) is 0 Å². The second-order valence-corrected chi connectivity index (χ2v) is 4.53. The van der Waals surface area contributed by atoms with E-state index in [1.54, 1.807) is 7.11 Å². The molecule has 0 N–H and O–H groups in total. The second-order valence-electron chi connectivity index (χ2n) is 4.15. The van der Waals surface area contributed by atoms with Crippen LogP contribution in [0.2, 0.25) is 5.15 Å². The fourth-order valence-corrected chi connectivity index (χ4v) is 1.79. The molecule has 1 heterocycles. The average molecular weight is 258 g/mol. The predicted molar refractivity (Wildman–Crippen MR) is 65.8 cm³/mol. The fourth-order valence-electron chi connectivity index (χ4n) is 1.60. The van der Waals surface area contributed by atoms with Crippen molar-refractivity contribution in [2.45, 2.75) is 26.4 Å². The largest absolute Gasteiger partial charge is 0.481 e. The number of Topliss-reactive ketones (excluding diaryl/α,β-unsaturated/α-hetero) is 1. The maximum atomic E-state index is 11.7. The molecule has 0 radical (unpaired) electrons. The molecule has 0 atom stereocenters. The number of ketones is 1. The molecule has 0 amide bonds. The van der Waals surface area contributed by atoms with Gasteiger partial charge in [-0.1, -0.05) is 11.6 Å². The molecule has 17 heavy (non-hydrogen) atoms. The number of ether oxygens (including phenoxy) is 2. The van der Waals surface area contributed by atoms with Gasteiger partial charge in [0.15, 0.2) is 5.78 Å². The van der Waals surface area contributed by atoms with Crippen LogP contribution in [0.15, 0.2) is 6.07 Å². The maximum Gasteiger partial charge on any atom is 0.221 e. The Morgan fingerprint density at radius 2 is 2.00 bits per heavy atom. The highest BCUT2D eigenvalue weighted by Crippen LogP contribution is 2.35. The lowest BCUT2D eigenvalue weighted by Crippen LogP contribution is -2.24. The number of hydrogen-bond donors (Lipinski definition) is 0. The molecule has 0 unspecified atom stereocenters. The van der Waals surface area contributed by atoms with Gasteiger partial charge in [-0.25, -0.2) is 4.98 Å². The number of aromatic nitrogens is 1. The minimum Gasteiger partial charge on any atom is -0.481 e. The summed E-state index contributed by atoms with van der Waals surface area (Å²) in [5.41, 5.74) is 0.400. The predicted octanol–water partition coefficient (Wildman–Crippen LogP) is 2.83. The van der Waals surface area contributed by atoms with Crippen LogP contribution < -0.4 is 4.74 Å². The lowest BCUT2D eigenvalue weighted by atomic mass is 9.92. The van der Waals surface area contributed by atoms with Crippen LogP contribution >= 0.6 is 11.6 Å². The molecule has 94 valence electrons. The summed E-state index contributed by atoms with van der Waals surface area (Å²) in [6.45, 7) is 5.15. The smallest absolute Gasteiger partial charge is 0.221 e. The summed E-state index contributed by atoms with van der Waals surface area (Å²) < 4.78 is 10.6. The van der Waals surface area contributed by atoms with Gasteiger partial charge >= 0.3 is 0 Å². The molecule has 0 aliphatic carbocycles. The molecule has 1 rings (SSSR count). The van der Waals surface area contributed by atoms with Gasteiger partial charge in [-0.2, -0.15) is 0 Å². The van der Waals surface area contributed by atoms with Gasteiger partial charge in [-0.15, -0.1) is 0 Å². The standard InChI is InChI=1S/C12H16ClNO3/c1-7(15)8-6-9(13)14-11(16-4)10(8)12(2,3)17-5/h6H,1-5H3. The Balaban J connectivity index is 3.59. The highest BCUT2D eigenvalue weighted by molar-refractivity contribution is 6.29. The Morgan fingerprint density at radius 1 is 1.41 bits per heavy atom. The topological polar surface area (TPSA) is 48.4 Å². The summed E-state index contributed by atoms with van der Waals surface area (Å²) in [7, 11) is 3.05. The molecule has 0 aromatic carbocycles. The first-order valence-corrected chi connectivity index (χ1v) is 5.52. The third-order valence-electron chi connectivity index (χ3n) is 2.64.